The molecule has 0 amide bonds. The second kappa shape index (κ2) is 4.26. The molecule has 2 aromatic rings. The van der Waals surface area contributed by atoms with Crippen LogP contribution in [0.3, 0.4) is 0 Å². The minimum absolute atomic E-state index is 0.135. The molecule has 0 saturated carbocycles. The van der Waals surface area contributed by atoms with Crippen molar-refractivity contribution in [2.45, 2.75) is 6.42 Å². The summed E-state index contributed by atoms with van der Waals surface area (Å²) in [6.45, 7) is 0. The Kier molecular flexibility index (Phi) is 3.01. The van der Waals surface area contributed by atoms with Gasteiger partial charge in [0, 0.05) is 22.2 Å². The van der Waals surface area contributed by atoms with Crippen LogP contribution >= 0.6 is 34.3 Å². The first kappa shape index (κ1) is 9.90. The summed E-state index contributed by atoms with van der Waals surface area (Å²) in [4.78, 5) is 12.6. The molecule has 0 atom stereocenters. The fourth-order valence-corrected chi connectivity index (χ4v) is 2.88. The van der Waals surface area contributed by atoms with Crippen LogP contribution in [0.2, 0.25) is 5.02 Å². The average molecular weight is 243 g/mol. The van der Waals surface area contributed by atoms with Gasteiger partial charge in [-0.1, -0.05) is 11.6 Å². The molecule has 2 aromatic heterocycles. The van der Waals surface area contributed by atoms with Crippen molar-refractivity contribution in [1.29, 1.82) is 0 Å². The quantitative estimate of drug-likeness (QED) is 0.747. The second-order valence-electron chi connectivity index (χ2n) is 2.80. The number of hydrogen-bond acceptors (Lipinski definition) is 3. The van der Waals surface area contributed by atoms with Crippen LogP contribution in [0.1, 0.15) is 15.2 Å². The van der Waals surface area contributed by atoms with E-state index in [2.05, 4.69) is 0 Å². The zero-order valence-corrected chi connectivity index (χ0v) is 9.59. The monoisotopic (exact) mass is 242 g/mol. The summed E-state index contributed by atoms with van der Waals surface area (Å²) < 4.78 is 0. The third kappa shape index (κ3) is 2.05. The van der Waals surface area contributed by atoms with Crippen LogP contribution in [0.25, 0.3) is 0 Å². The molecule has 72 valence electrons. The number of ketones is 1. The Morgan fingerprint density at radius 2 is 2.21 bits per heavy atom. The molecule has 0 N–H and O–H groups in total. The van der Waals surface area contributed by atoms with Gasteiger partial charge in [-0.15, -0.1) is 11.3 Å². The Morgan fingerprint density at radius 3 is 2.79 bits per heavy atom. The van der Waals surface area contributed by atoms with Crippen molar-refractivity contribution in [3.05, 3.63) is 43.7 Å². The highest BCUT2D eigenvalue weighted by molar-refractivity contribution is 7.10. The predicted octanol–water partition coefficient (Wildman–Crippen LogP) is 3.89. The first-order chi connectivity index (χ1) is 6.77. The van der Waals surface area contributed by atoms with Crippen molar-refractivity contribution in [3.63, 3.8) is 0 Å². The molecule has 2 heterocycles. The van der Waals surface area contributed by atoms with Crippen LogP contribution in [0.5, 0.6) is 0 Å². The first-order valence-electron chi connectivity index (χ1n) is 4.04. The molecule has 0 aliphatic heterocycles. The van der Waals surface area contributed by atoms with Crippen molar-refractivity contribution >= 4 is 40.1 Å². The maximum absolute atomic E-state index is 11.7. The molecular weight excluding hydrogens is 236 g/mol. The molecule has 0 bridgehead atoms. The normalized spacial score (nSPS) is 10.4. The summed E-state index contributed by atoms with van der Waals surface area (Å²) in [5.41, 5.74) is 0.777. The van der Waals surface area contributed by atoms with Crippen LogP contribution in [-0.2, 0) is 6.42 Å². The lowest BCUT2D eigenvalue weighted by Crippen LogP contribution is -2.00. The minimum Gasteiger partial charge on any atom is -0.294 e. The van der Waals surface area contributed by atoms with Gasteiger partial charge in [-0.2, -0.15) is 11.3 Å². The van der Waals surface area contributed by atoms with Gasteiger partial charge in [0.15, 0.2) is 5.78 Å². The zero-order chi connectivity index (χ0) is 9.97. The maximum atomic E-state index is 11.7. The number of carbonyl (C=O) groups excluding carboxylic acids is 1. The standard InChI is InChI=1S/C10H7ClOS2/c11-8-2-4-14-10(8)5-9(12)7-1-3-13-6-7/h1-4,6H,5H2. The van der Waals surface area contributed by atoms with E-state index < -0.39 is 0 Å². The highest BCUT2D eigenvalue weighted by Crippen LogP contribution is 2.23. The predicted molar refractivity (Wildman–Crippen MR) is 61.7 cm³/mol. The Balaban J connectivity index is 2.13. The van der Waals surface area contributed by atoms with Crippen LogP contribution in [0, 0.1) is 0 Å². The van der Waals surface area contributed by atoms with Gasteiger partial charge in [-0.3, -0.25) is 4.79 Å². The molecule has 0 aromatic carbocycles. The fraction of sp³-hybridized carbons (Fsp3) is 0.100. The molecule has 0 spiro atoms. The Labute approximate surface area is 95.0 Å². The van der Waals surface area contributed by atoms with E-state index >= 15 is 0 Å². The van der Waals surface area contributed by atoms with Crippen molar-refractivity contribution in [3.8, 4) is 0 Å². The molecule has 0 aliphatic carbocycles. The minimum atomic E-state index is 0.135. The van der Waals surface area contributed by atoms with Gasteiger partial charge >= 0.3 is 0 Å². The van der Waals surface area contributed by atoms with E-state index in [4.69, 9.17) is 11.6 Å². The van der Waals surface area contributed by atoms with E-state index in [1.165, 1.54) is 22.7 Å². The number of carbonyl (C=O) groups is 1. The van der Waals surface area contributed by atoms with Crippen molar-refractivity contribution < 1.29 is 4.79 Å². The average Bonchev–Trinajstić information content (AvgIpc) is 2.77. The summed E-state index contributed by atoms with van der Waals surface area (Å²) in [5, 5.41) is 6.37. The second-order valence-corrected chi connectivity index (χ2v) is 4.99. The van der Waals surface area contributed by atoms with E-state index in [1.54, 1.807) is 0 Å². The van der Waals surface area contributed by atoms with E-state index in [-0.39, 0.29) is 5.78 Å². The summed E-state index contributed by atoms with van der Waals surface area (Å²) in [7, 11) is 0. The number of thiophene rings is 2. The molecule has 0 radical (unpaired) electrons. The van der Waals surface area contributed by atoms with Crippen LogP contribution in [-0.4, -0.2) is 5.78 Å². The van der Waals surface area contributed by atoms with Gasteiger partial charge < -0.3 is 0 Å². The van der Waals surface area contributed by atoms with Crippen LogP contribution in [0.15, 0.2) is 28.3 Å². The Morgan fingerprint density at radius 1 is 1.36 bits per heavy atom. The molecule has 1 nitrogen and oxygen atoms in total. The van der Waals surface area contributed by atoms with Crippen molar-refractivity contribution in [1.82, 2.24) is 0 Å². The number of halogens is 1. The third-order valence-corrected chi connectivity index (χ3v) is 3.93. The van der Waals surface area contributed by atoms with E-state index in [9.17, 15) is 4.79 Å². The van der Waals surface area contributed by atoms with Crippen LogP contribution < -0.4 is 0 Å². The maximum Gasteiger partial charge on any atom is 0.168 e. The van der Waals surface area contributed by atoms with Gasteiger partial charge in [-0.05, 0) is 22.9 Å². The lowest BCUT2D eigenvalue weighted by molar-refractivity contribution is 0.0994. The Hall–Kier alpha value is -0.640. The molecule has 14 heavy (non-hydrogen) atoms. The topological polar surface area (TPSA) is 17.1 Å². The molecule has 4 heteroatoms. The third-order valence-electron chi connectivity index (χ3n) is 1.86. The van der Waals surface area contributed by atoms with Crippen molar-refractivity contribution in [2.75, 3.05) is 0 Å². The van der Waals surface area contributed by atoms with Gasteiger partial charge in [0.2, 0.25) is 0 Å². The lowest BCUT2D eigenvalue weighted by Gasteiger charge is -1.95. The number of hydrogen-bond donors (Lipinski definition) is 0. The molecule has 2 rings (SSSR count). The molecule has 0 aliphatic rings. The first-order valence-corrected chi connectivity index (χ1v) is 6.24. The van der Waals surface area contributed by atoms with Gasteiger partial charge in [0.1, 0.15) is 0 Å². The van der Waals surface area contributed by atoms with Gasteiger partial charge in [0.25, 0.3) is 0 Å². The SMILES string of the molecule is O=C(Cc1sccc1Cl)c1ccsc1. The molecular formula is C10H7ClOS2. The van der Waals surface area contributed by atoms with Gasteiger partial charge in [-0.25, -0.2) is 0 Å². The van der Waals surface area contributed by atoms with E-state index in [1.807, 2.05) is 28.3 Å². The van der Waals surface area contributed by atoms with E-state index in [0.717, 1.165) is 10.4 Å². The zero-order valence-electron chi connectivity index (χ0n) is 7.20. The molecule has 0 fully saturated rings. The van der Waals surface area contributed by atoms with Crippen molar-refractivity contribution in [2.24, 2.45) is 0 Å². The molecule has 0 unspecified atom stereocenters. The Bertz CT molecular complexity index is 431. The summed E-state index contributed by atoms with van der Waals surface area (Å²) in [6, 6.07) is 3.66. The summed E-state index contributed by atoms with van der Waals surface area (Å²) in [6.07, 6.45) is 0.410. The van der Waals surface area contributed by atoms with Gasteiger partial charge in [0.05, 0.1) is 5.02 Å². The highest BCUT2D eigenvalue weighted by Gasteiger charge is 2.10. The van der Waals surface area contributed by atoms with Crippen LogP contribution in [0.4, 0.5) is 0 Å². The number of Topliss-reactive ketones (excluding diaryl/α,β-unsaturated/α-hetero) is 1. The lowest BCUT2D eigenvalue weighted by atomic mass is 10.1. The fourth-order valence-electron chi connectivity index (χ4n) is 1.12. The molecule has 0 saturated heterocycles. The highest BCUT2D eigenvalue weighted by atomic mass is 35.5. The van der Waals surface area contributed by atoms with E-state index in [0.29, 0.717) is 11.4 Å². The number of rotatable bonds is 3. The summed E-state index contributed by atoms with van der Waals surface area (Å²) >= 11 is 8.97. The largest absolute Gasteiger partial charge is 0.294 e. The smallest absolute Gasteiger partial charge is 0.168 e. The summed E-state index contributed by atoms with van der Waals surface area (Å²) in [5.74, 6) is 0.135.